The molecule has 150 valence electrons. The van der Waals surface area contributed by atoms with Gasteiger partial charge in [-0.2, -0.15) is 13.2 Å². The summed E-state index contributed by atoms with van der Waals surface area (Å²) in [5.74, 6) is -0.333. The third-order valence-corrected chi connectivity index (χ3v) is 5.18. The zero-order valence-electron chi connectivity index (χ0n) is 16.1. The molecule has 1 aromatic carbocycles. The van der Waals surface area contributed by atoms with E-state index in [9.17, 15) is 22.8 Å². The van der Waals surface area contributed by atoms with Crippen molar-refractivity contribution in [3.8, 4) is 0 Å². The molecule has 1 fully saturated rings. The van der Waals surface area contributed by atoms with Gasteiger partial charge in [-0.25, -0.2) is 0 Å². The van der Waals surface area contributed by atoms with Gasteiger partial charge < -0.3 is 9.80 Å². The molecule has 0 aliphatic carbocycles. The lowest BCUT2D eigenvalue weighted by Crippen LogP contribution is -2.35. The second-order valence-corrected chi connectivity index (χ2v) is 6.94. The average molecular weight is 384 g/mol. The van der Waals surface area contributed by atoms with Crippen LogP contribution in [0.5, 0.6) is 0 Å². The third kappa shape index (κ3) is 5.02. The number of halogens is 3. The molecule has 1 heterocycles. The predicted octanol–water partition coefficient (Wildman–Crippen LogP) is 4.73. The zero-order chi connectivity index (χ0) is 20.2. The third-order valence-electron chi connectivity index (χ3n) is 5.18. The van der Waals surface area contributed by atoms with Crippen molar-refractivity contribution in [1.82, 2.24) is 4.90 Å². The van der Waals surface area contributed by atoms with Crippen LogP contribution in [0.1, 0.15) is 62.4 Å². The van der Waals surface area contributed by atoms with Crippen molar-refractivity contribution >= 4 is 17.5 Å². The fraction of sp³-hybridized carbons (Fsp3) is 0.600. The van der Waals surface area contributed by atoms with Gasteiger partial charge in [0, 0.05) is 37.3 Å². The Morgan fingerprint density at radius 1 is 1.19 bits per heavy atom. The van der Waals surface area contributed by atoms with E-state index in [1.165, 1.54) is 11.0 Å². The molecule has 7 heteroatoms. The van der Waals surface area contributed by atoms with Crippen molar-refractivity contribution in [3.63, 3.8) is 0 Å². The van der Waals surface area contributed by atoms with Gasteiger partial charge in [0.1, 0.15) is 0 Å². The molecule has 4 nitrogen and oxygen atoms in total. The maximum absolute atomic E-state index is 13.4. The number of anilines is 1. The SMILES string of the molecule is CCC(CC)CN(CC)C(=O)c1cc(N2CCCC2=O)cc(C(F)(F)F)c1. The quantitative estimate of drug-likeness (QED) is 0.682. The van der Waals surface area contributed by atoms with Crippen LogP contribution in [-0.2, 0) is 11.0 Å². The van der Waals surface area contributed by atoms with E-state index in [0.717, 1.165) is 25.0 Å². The monoisotopic (exact) mass is 384 g/mol. The average Bonchev–Trinajstić information content (AvgIpc) is 3.07. The van der Waals surface area contributed by atoms with Crippen molar-refractivity contribution in [1.29, 1.82) is 0 Å². The minimum atomic E-state index is -4.58. The smallest absolute Gasteiger partial charge is 0.339 e. The van der Waals surface area contributed by atoms with Crippen LogP contribution < -0.4 is 4.90 Å². The van der Waals surface area contributed by atoms with Gasteiger partial charge >= 0.3 is 6.18 Å². The van der Waals surface area contributed by atoms with Crippen LogP contribution in [0.4, 0.5) is 18.9 Å². The lowest BCUT2D eigenvalue weighted by atomic mass is 10.0. The van der Waals surface area contributed by atoms with E-state index < -0.39 is 17.6 Å². The van der Waals surface area contributed by atoms with Crippen LogP contribution in [0.25, 0.3) is 0 Å². The molecule has 0 saturated carbocycles. The fourth-order valence-electron chi connectivity index (χ4n) is 3.37. The largest absolute Gasteiger partial charge is 0.416 e. The van der Waals surface area contributed by atoms with Gasteiger partial charge in [-0.3, -0.25) is 9.59 Å². The molecule has 1 aliphatic rings. The van der Waals surface area contributed by atoms with Crippen molar-refractivity contribution < 1.29 is 22.8 Å². The highest BCUT2D eigenvalue weighted by Crippen LogP contribution is 2.34. The van der Waals surface area contributed by atoms with E-state index in [1.807, 2.05) is 20.8 Å². The highest BCUT2D eigenvalue weighted by atomic mass is 19.4. The molecule has 27 heavy (non-hydrogen) atoms. The summed E-state index contributed by atoms with van der Waals surface area (Å²) in [6, 6.07) is 3.26. The first-order chi connectivity index (χ1) is 12.7. The van der Waals surface area contributed by atoms with Gasteiger partial charge in [0.15, 0.2) is 0 Å². The first-order valence-corrected chi connectivity index (χ1v) is 9.53. The first-order valence-electron chi connectivity index (χ1n) is 9.53. The van der Waals surface area contributed by atoms with Gasteiger partial charge in [0.2, 0.25) is 5.91 Å². The van der Waals surface area contributed by atoms with Gasteiger partial charge in [-0.15, -0.1) is 0 Å². The van der Waals surface area contributed by atoms with Crippen LogP contribution >= 0.6 is 0 Å². The predicted molar refractivity (Wildman–Crippen MR) is 98.7 cm³/mol. The number of amides is 2. The summed E-state index contributed by atoms with van der Waals surface area (Å²) >= 11 is 0. The van der Waals surface area contributed by atoms with Crippen LogP contribution in [-0.4, -0.2) is 36.3 Å². The van der Waals surface area contributed by atoms with Gasteiger partial charge in [0.25, 0.3) is 5.91 Å². The number of carbonyl (C=O) groups excluding carboxylic acids is 2. The van der Waals surface area contributed by atoms with Crippen molar-refractivity contribution in [2.45, 2.75) is 52.6 Å². The highest BCUT2D eigenvalue weighted by molar-refractivity contribution is 5.99. The standard InChI is InChI=1S/C20H27F3N2O2/c1-4-14(5-2)13-24(6-3)19(27)15-10-16(20(21,22)23)12-17(11-15)25-9-7-8-18(25)26/h10-12,14H,4-9,13H2,1-3H3. The van der Waals surface area contributed by atoms with E-state index in [0.29, 0.717) is 38.4 Å². The molecule has 0 aromatic heterocycles. The Bertz CT molecular complexity index is 684. The zero-order valence-corrected chi connectivity index (χ0v) is 16.1. The molecular formula is C20H27F3N2O2. The number of carbonyl (C=O) groups is 2. The highest BCUT2D eigenvalue weighted by Gasteiger charge is 2.34. The van der Waals surface area contributed by atoms with Crippen molar-refractivity contribution in [3.05, 3.63) is 29.3 Å². The Kier molecular flexibility index (Phi) is 6.89. The van der Waals surface area contributed by atoms with Crippen LogP contribution in [0, 0.1) is 5.92 Å². The number of nitrogens with zero attached hydrogens (tertiary/aromatic N) is 2. The molecule has 2 amide bonds. The summed E-state index contributed by atoms with van der Waals surface area (Å²) in [5, 5.41) is 0. The minimum Gasteiger partial charge on any atom is -0.339 e. The topological polar surface area (TPSA) is 40.6 Å². The second-order valence-electron chi connectivity index (χ2n) is 6.94. The lowest BCUT2D eigenvalue weighted by molar-refractivity contribution is -0.137. The van der Waals surface area contributed by atoms with Gasteiger partial charge in [0.05, 0.1) is 5.56 Å². The summed E-state index contributed by atoms with van der Waals surface area (Å²) in [4.78, 5) is 27.8. The molecule has 0 bridgehead atoms. The number of rotatable bonds is 7. The number of hydrogen-bond donors (Lipinski definition) is 0. The molecule has 0 atom stereocenters. The summed E-state index contributed by atoms with van der Waals surface area (Å²) in [7, 11) is 0. The maximum Gasteiger partial charge on any atom is 0.416 e. The van der Waals surface area contributed by atoms with Crippen LogP contribution in [0.3, 0.4) is 0 Å². The van der Waals surface area contributed by atoms with Gasteiger partial charge in [-0.05, 0) is 37.5 Å². The van der Waals surface area contributed by atoms with Crippen molar-refractivity contribution in [2.24, 2.45) is 5.92 Å². The lowest BCUT2D eigenvalue weighted by Gasteiger charge is -2.26. The summed E-state index contributed by atoms with van der Waals surface area (Å²) < 4.78 is 40.1. The Hall–Kier alpha value is -2.05. The molecule has 1 saturated heterocycles. The van der Waals surface area contributed by atoms with Crippen LogP contribution in [0.2, 0.25) is 0 Å². The minimum absolute atomic E-state index is 0.0210. The fourth-order valence-corrected chi connectivity index (χ4v) is 3.37. The molecule has 1 aliphatic heterocycles. The Balaban J connectivity index is 2.41. The van der Waals surface area contributed by atoms with E-state index >= 15 is 0 Å². The first kappa shape index (κ1) is 21.3. The molecular weight excluding hydrogens is 357 g/mol. The van der Waals surface area contributed by atoms with E-state index in [4.69, 9.17) is 0 Å². The van der Waals surface area contributed by atoms with Gasteiger partial charge in [-0.1, -0.05) is 26.7 Å². The summed E-state index contributed by atoms with van der Waals surface area (Å²) in [6.07, 6.45) is -1.86. The summed E-state index contributed by atoms with van der Waals surface area (Å²) in [6.45, 7) is 7.19. The maximum atomic E-state index is 13.4. The van der Waals surface area contributed by atoms with Crippen LogP contribution in [0.15, 0.2) is 18.2 Å². The Morgan fingerprint density at radius 2 is 1.85 bits per heavy atom. The normalized spacial score (nSPS) is 14.9. The molecule has 0 unspecified atom stereocenters. The van der Waals surface area contributed by atoms with E-state index in [-0.39, 0.29) is 17.2 Å². The van der Waals surface area contributed by atoms with E-state index in [2.05, 4.69) is 0 Å². The Labute approximate surface area is 158 Å². The second kappa shape index (κ2) is 8.76. The van der Waals surface area contributed by atoms with E-state index in [1.54, 1.807) is 4.90 Å². The number of benzene rings is 1. The number of alkyl halides is 3. The summed E-state index contributed by atoms with van der Waals surface area (Å²) in [5.41, 5.74) is -0.775. The Morgan fingerprint density at radius 3 is 2.33 bits per heavy atom. The van der Waals surface area contributed by atoms with Crippen molar-refractivity contribution in [2.75, 3.05) is 24.5 Å². The molecule has 0 N–H and O–H groups in total. The molecule has 1 aromatic rings. The molecule has 0 radical (unpaired) electrons. The number of hydrogen-bond acceptors (Lipinski definition) is 2. The molecule has 2 rings (SSSR count). The molecule has 0 spiro atoms.